The van der Waals surface area contributed by atoms with Crippen LogP contribution in [-0.4, -0.2) is 121 Å². The molecule has 4 saturated heterocycles. The van der Waals surface area contributed by atoms with Crippen LogP contribution >= 0.6 is 0 Å². The maximum absolute atomic E-state index is 16.2. The number of rotatable bonds is 11. The lowest BCUT2D eigenvalue weighted by Gasteiger charge is -2.40. The Morgan fingerprint density at radius 1 is 0.886 bits per heavy atom. The van der Waals surface area contributed by atoms with E-state index in [0.29, 0.717) is 52.6 Å². The molecule has 5 aliphatic rings. The van der Waals surface area contributed by atoms with E-state index in [9.17, 15) is 37.2 Å². The van der Waals surface area contributed by atoms with Crippen molar-refractivity contribution in [2.24, 2.45) is 5.92 Å². The number of hydrogen-bond acceptors (Lipinski definition) is 12. The van der Waals surface area contributed by atoms with Crippen LogP contribution in [0.25, 0.3) is 16.6 Å². The highest BCUT2D eigenvalue weighted by molar-refractivity contribution is 7.90. The van der Waals surface area contributed by atoms with Gasteiger partial charge in [-0.05, 0) is 105 Å². The molecule has 0 aliphatic carbocycles. The highest BCUT2D eigenvalue weighted by Crippen LogP contribution is 2.38. The number of ether oxygens (including phenoxy) is 1. The molecular weight excluding hydrogens is 930 g/mol. The van der Waals surface area contributed by atoms with Crippen molar-refractivity contribution in [1.29, 1.82) is 5.26 Å². The van der Waals surface area contributed by atoms with Crippen molar-refractivity contribution in [3.05, 3.63) is 111 Å². The average molecular weight is 979 g/mol. The van der Waals surface area contributed by atoms with Crippen LogP contribution in [0, 0.1) is 35.8 Å². The van der Waals surface area contributed by atoms with Crippen LogP contribution in [0.15, 0.2) is 71.8 Å². The summed E-state index contributed by atoms with van der Waals surface area (Å²) in [4.78, 5) is 64.2. The lowest BCUT2D eigenvalue weighted by Crippen LogP contribution is -2.52. The Labute approximate surface area is 401 Å². The lowest BCUT2D eigenvalue weighted by atomic mass is 9.94. The molecule has 0 bridgehead atoms. The molecule has 4 aromatic carbocycles. The number of aromatic nitrogens is 2. The molecule has 364 valence electrons. The van der Waals surface area contributed by atoms with Crippen molar-refractivity contribution >= 4 is 55.9 Å². The molecule has 0 saturated carbocycles. The fourth-order valence-electron chi connectivity index (χ4n) is 10.3. The number of halogens is 3. The fourth-order valence-corrected chi connectivity index (χ4v) is 11.6. The highest BCUT2D eigenvalue weighted by atomic mass is 32.2. The van der Waals surface area contributed by atoms with Gasteiger partial charge in [-0.3, -0.25) is 38.7 Å². The van der Waals surface area contributed by atoms with Gasteiger partial charge in [0, 0.05) is 76.6 Å². The number of nitrogens with zero attached hydrogens (tertiary/aromatic N) is 8. The summed E-state index contributed by atoms with van der Waals surface area (Å²) >= 11 is 0. The molecule has 17 nitrogen and oxygen atoms in total. The number of aryl methyl sites for hydroxylation is 1. The fraction of sp³-hybridized carbons (Fsp3) is 0.388. The van der Waals surface area contributed by atoms with Crippen LogP contribution < -0.4 is 30.1 Å². The van der Waals surface area contributed by atoms with E-state index in [4.69, 9.17) is 4.74 Å². The minimum atomic E-state index is -4.25. The second kappa shape index (κ2) is 18.7. The van der Waals surface area contributed by atoms with E-state index in [1.54, 1.807) is 19.1 Å². The van der Waals surface area contributed by atoms with Gasteiger partial charge in [0.05, 0.1) is 40.1 Å². The molecule has 0 unspecified atom stereocenters. The molecule has 70 heavy (non-hydrogen) atoms. The van der Waals surface area contributed by atoms with Crippen LogP contribution in [0.3, 0.4) is 0 Å². The van der Waals surface area contributed by atoms with E-state index in [1.807, 2.05) is 24.3 Å². The molecule has 5 aliphatic heterocycles. The number of piperidine rings is 2. The summed E-state index contributed by atoms with van der Waals surface area (Å²) in [6.07, 6.45) is 2.26. The molecule has 0 spiro atoms. The second-order valence-corrected chi connectivity index (χ2v) is 20.1. The van der Waals surface area contributed by atoms with Crippen molar-refractivity contribution in [1.82, 2.24) is 29.0 Å². The summed E-state index contributed by atoms with van der Waals surface area (Å²) in [6, 6.07) is 16.7. The zero-order chi connectivity index (χ0) is 49.0. The van der Waals surface area contributed by atoms with Gasteiger partial charge in [0.15, 0.2) is 17.4 Å². The summed E-state index contributed by atoms with van der Waals surface area (Å²) in [7, 11) is -4.25. The van der Waals surface area contributed by atoms with Crippen molar-refractivity contribution in [2.45, 2.75) is 57.8 Å². The van der Waals surface area contributed by atoms with Crippen LogP contribution in [0.4, 0.5) is 30.2 Å². The third-order valence-electron chi connectivity index (χ3n) is 14.1. The molecular formula is C49H49F3N10O7S. The molecule has 0 radical (unpaired) electrons. The predicted octanol–water partition coefficient (Wildman–Crippen LogP) is 5.14. The number of nitrogens with one attached hydrogen (secondary N) is 2. The normalized spacial score (nSPS) is 20.5. The topological polar surface area (TPSA) is 194 Å². The summed E-state index contributed by atoms with van der Waals surface area (Å²) in [5.74, 6) is -2.76. The largest absolute Gasteiger partial charge is 0.453 e. The number of piperazine rings is 1. The van der Waals surface area contributed by atoms with Crippen molar-refractivity contribution in [2.75, 3.05) is 73.4 Å². The first-order chi connectivity index (χ1) is 33.6. The molecule has 6 heterocycles. The van der Waals surface area contributed by atoms with Crippen LogP contribution in [0.1, 0.15) is 59.2 Å². The number of imide groups is 1. The molecule has 1 aromatic heterocycles. The van der Waals surface area contributed by atoms with E-state index in [0.717, 1.165) is 67.7 Å². The number of benzene rings is 4. The first-order valence-corrected chi connectivity index (χ1v) is 24.7. The van der Waals surface area contributed by atoms with Gasteiger partial charge in [-0.15, -0.1) is 0 Å². The molecule has 2 N–H and O–H groups in total. The summed E-state index contributed by atoms with van der Waals surface area (Å²) < 4.78 is 81.3. The SMILES string of the molecule is Cc1cc(N2CCC(CN3CCN(c4ccc(-n5cnc6ccc(Oc7c(F)ccc(NS(=O)(=O)N8CC[C@@H](F)C8)c7C#N)cc6c5=O)cc4)CC3)CC2)c(F)c2c1C(=O)N([C@@H]1CCC(=O)NC1=O)C2. The molecule has 3 amide bonds. The number of alkyl halides is 1. The predicted molar refractivity (Wildman–Crippen MR) is 253 cm³/mol. The zero-order valence-corrected chi connectivity index (χ0v) is 39.0. The lowest BCUT2D eigenvalue weighted by molar-refractivity contribution is -0.136. The molecule has 4 fully saturated rings. The van der Waals surface area contributed by atoms with Crippen molar-refractivity contribution in [3.8, 4) is 23.3 Å². The quantitative estimate of drug-likeness (QED) is 0.166. The Kier molecular flexibility index (Phi) is 12.5. The minimum absolute atomic E-state index is 0.00204. The van der Waals surface area contributed by atoms with Crippen LogP contribution in [-0.2, 0) is 26.3 Å². The van der Waals surface area contributed by atoms with Crippen molar-refractivity contribution in [3.63, 3.8) is 0 Å². The van der Waals surface area contributed by atoms with Gasteiger partial charge >= 0.3 is 10.2 Å². The maximum Gasteiger partial charge on any atom is 0.301 e. The second-order valence-electron chi connectivity index (χ2n) is 18.5. The van der Waals surface area contributed by atoms with E-state index >= 15 is 8.78 Å². The third kappa shape index (κ3) is 8.90. The highest BCUT2D eigenvalue weighted by Gasteiger charge is 2.42. The summed E-state index contributed by atoms with van der Waals surface area (Å²) in [6.45, 7) is 7.00. The van der Waals surface area contributed by atoms with Gasteiger partial charge < -0.3 is 19.4 Å². The van der Waals surface area contributed by atoms with Gasteiger partial charge in [-0.2, -0.15) is 18.0 Å². The number of fused-ring (bicyclic) bond motifs is 2. The minimum Gasteiger partial charge on any atom is -0.453 e. The van der Waals surface area contributed by atoms with Crippen molar-refractivity contribution < 1.29 is 40.7 Å². The van der Waals surface area contributed by atoms with Crippen LogP contribution in [0.2, 0.25) is 0 Å². The van der Waals surface area contributed by atoms with E-state index in [1.165, 1.54) is 34.0 Å². The molecule has 21 heteroatoms. The molecule has 2 atom stereocenters. The number of carbonyl (C=O) groups excluding carboxylic acids is 3. The van der Waals surface area contributed by atoms with E-state index in [2.05, 4.69) is 29.7 Å². The standard InChI is InChI=1S/C49H49F3N10O7S/c1-29-22-42(45(52)37-27-61(49(66)44(29)37)41-10-11-43(63)55-47(41)64)59-15-12-30(13-16-59)25-57-18-20-58(21-19-57)32-2-4-33(5-3-32)62-28-54-39-8-6-34(23-35(39)48(62)65)69-46-36(24-53)40(9-7-38(46)51)56-70(67,68)60-17-14-31(50)26-60/h2-9,22-23,28,30-31,41,56H,10-21,25-27H2,1H3,(H,55,63,64)/t31-,41-/m1/s1. The van der Waals surface area contributed by atoms with Gasteiger partial charge in [-0.25, -0.2) is 18.2 Å². The first kappa shape index (κ1) is 46.7. The van der Waals surface area contributed by atoms with E-state index in [-0.39, 0.29) is 67.5 Å². The third-order valence-corrected chi connectivity index (χ3v) is 15.6. The number of carbonyl (C=O) groups is 3. The Bertz CT molecular complexity index is 3150. The average Bonchev–Trinajstić information content (AvgIpc) is 3.96. The zero-order valence-electron chi connectivity index (χ0n) is 38.2. The Balaban J connectivity index is 0.743. The smallest absolute Gasteiger partial charge is 0.301 e. The van der Waals surface area contributed by atoms with Gasteiger partial charge in [-0.1, -0.05) is 0 Å². The van der Waals surface area contributed by atoms with Gasteiger partial charge in [0.1, 0.15) is 35.9 Å². The Morgan fingerprint density at radius 2 is 1.63 bits per heavy atom. The summed E-state index contributed by atoms with van der Waals surface area (Å²) in [5, 5.41) is 12.4. The monoisotopic (exact) mass is 978 g/mol. The Morgan fingerprint density at radius 3 is 2.33 bits per heavy atom. The van der Waals surface area contributed by atoms with E-state index < -0.39 is 56.8 Å². The number of hydrogen-bond donors (Lipinski definition) is 2. The molecule has 5 aromatic rings. The molecule has 10 rings (SSSR count). The van der Waals surface area contributed by atoms with Gasteiger partial charge in [0.25, 0.3) is 11.5 Å². The number of nitriles is 1. The Hall–Kier alpha value is -7.02. The van der Waals surface area contributed by atoms with Crippen LogP contribution in [0.5, 0.6) is 11.5 Å². The summed E-state index contributed by atoms with van der Waals surface area (Å²) in [5.41, 5.74) is 2.55. The number of anilines is 3. The first-order valence-electron chi connectivity index (χ1n) is 23.3. The number of amides is 3. The van der Waals surface area contributed by atoms with Gasteiger partial charge in [0.2, 0.25) is 11.8 Å². The maximum atomic E-state index is 16.2.